The van der Waals surface area contributed by atoms with Crippen molar-refractivity contribution in [2.75, 3.05) is 20.0 Å². The average molecular weight is 132 g/mol. The summed E-state index contributed by atoms with van der Waals surface area (Å²) in [7, 11) is 0. The molecule has 0 aromatic carbocycles. The van der Waals surface area contributed by atoms with Gasteiger partial charge >= 0.3 is 5.95 Å². The molecule has 1 saturated heterocycles. The molecule has 1 rings (SSSR count). The van der Waals surface area contributed by atoms with E-state index in [1.165, 1.54) is 6.26 Å². The van der Waals surface area contributed by atoms with Crippen molar-refractivity contribution in [2.24, 2.45) is 0 Å². The Kier molecular flexibility index (Phi) is 2.21. The van der Waals surface area contributed by atoms with E-state index < -0.39 is 0 Å². The Bertz CT molecular complexity index is 102. The molecule has 1 aliphatic heterocycles. The van der Waals surface area contributed by atoms with E-state index >= 15 is 0 Å². The molecule has 0 radical (unpaired) electrons. The molecule has 0 bridgehead atoms. The molecule has 1 fully saturated rings. The summed E-state index contributed by atoms with van der Waals surface area (Å²) in [5.41, 5.74) is 0. The van der Waals surface area contributed by atoms with E-state index in [1.54, 1.807) is 0 Å². The molecule has 52 valence electrons. The zero-order valence-corrected chi connectivity index (χ0v) is 4.87. The van der Waals surface area contributed by atoms with Gasteiger partial charge in [0.15, 0.2) is 13.1 Å². The van der Waals surface area contributed by atoms with Crippen LogP contribution in [-0.2, 0) is 14.2 Å². The van der Waals surface area contributed by atoms with Crippen molar-refractivity contribution in [1.82, 2.24) is 0 Å². The molecule has 1 heterocycles. The quantitative estimate of drug-likeness (QED) is 0.417. The number of aliphatic hydroxyl groups is 1. The molecule has 0 unspecified atom stereocenters. The summed E-state index contributed by atoms with van der Waals surface area (Å²) in [6.07, 6.45) is 1.24. The molecule has 0 saturated carbocycles. The fraction of sp³-hybridized carbons (Fsp3) is 0.600. The highest BCUT2D eigenvalue weighted by Crippen LogP contribution is 2.06. The number of hydrogen-bond acceptors (Lipinski definition) is 4. The Hall–Kier alpha value is -0.900. The minimum atomic E-state index is -0.351. The lowest BCUT2D eigenvalue weighted by molar-refractivity contribution is 0.0428. The number of hydrogen-bond donors (Lipinski definition) is 1. The van der Waals surface area contributed by atoms with E-state index in [1.807, 2.05) is 0 Å². The van der Waals surface area contributed by atoms with Gasteiger partial charge in [-0.25, -0.2) is 0 Å². The van der Waals surface area contributed by atoms with Crippen LogP contribution < -0.4 is 0 Å². The maximum atomic E-state index is 8.15. The smallest absolute Gasteiger partial charge is 0.315 e. The first-order chi connectivity index (χ1) is 4.43. The predicted molar refractivity (Wildman–Crippen MR) is 28.2 cm³/mol. The SMILES string of the molecule is OCOC=C1OCCO1. The summed E-state index contributed by atoms with van der Waals surface area (Å²) in [4.78, 5) is 0. The third-order valence-corrected chi connectivity index (χ3v) is 0.826. The van der Waals surface area contributed by atoms with Gasteiger partial charge in [-0.15, -0.1) is 0 Å². The summed E-state index contributed by atoms with van der Waals surface area (Å²) in [5, 5.41) is 8.15. The van der Waals surface area contributed by atoms with Crippen LogP contribution >= 0.6 is 0 Å². The first-order valence-corrected chi connectivity index (χ1v) is 2.61. The van der Waals surface area contributed by atoms with Crippen LogP contribution in [0.4, 0.5) is 0 Å². The zero-order valence-electron chi connectivity index (χ0n) is 4.87. The van der Waals surface area contributed by atoms with E-state index in [-0.39, 0.29) is 6.79 Å². The molecule has 9 heavy (non-hydrogen) atoms. The second kappa shape index (κ2) is 3.19. The minimum absolute atomic E-state index is 0.337. The van der Waals surface area contributed by atoms with E-state index in [0.717, 1.165) is 0 Å². The lowest BCUT2D eigenvalue weighted by Gasteiger charge is -1.95. The molecule has 0 aromatic heterocycles. The van der Waals surface area contributed by atoms with Crippen LogP contribution in [0, 0.1) is 0 Å². The fourth-order valence-corrected chi connectivity index (χ4v) is 0.500. The molecule has 0 spiro atoms. The first kappa shape index (κ1) is 6.22. The largest absolute Gasteiger partial charge is 0.468 e. The van der Waals surface area contributed by atoms with Crippen LogP contribution in [0.3, 0.4) is 0 Å². The van der Waals surface area contributed by atoms with Gasteiger partial charge in [0.2, 0.25) is 0 Å². The third kappa shape index (κ3) is 1.81. The molecule has 4 heteroatoms. The predicted octanol–water partition coefficient (Wildman–Crippen LogP) is -0.202. The van der Waals surface area contributed by atoms with Crippen LogP contribution in [0.15, 0.2) is 12.2 Å². The van der Waals surface area contributed by atoms with Crippen LogP contribution in [0.1, 0.15) is 0 Å². The van der Waals surface area contributed by atoms with Gasteiger partial charge in [-0.3, -0.25) is 0 Å². The van der Waals surface area contributed by atoms with Gasteiger partial charge in [-0.1, -0.05) is 0 Å². The van der Waals surface area contributed by atoms with E-state index in [2.05, 4.69) is 4.74 Å². The normalized spacial score (nSPS) is 16.3. The second-order valence-corrected chi connectivity index (χ2v) is 1.43. The first-order valence-electron chi connectivity index (χ1n) is 2.61. The molecule has 0 amide bonds. The Morgan fingerprint density at radius 2 is 2.22 bits per heavy atom. The van der Waals surface area contributed by atoms with Gasteiger partial charge in [0.1, 0.15) is 13.2 Å². The standard InChI is InChI=1S/C5H8O4/c6-4-7-3-5-8-1-2-9-5/h3,6H,1-2,4H2. The maximum absolute atomic E-state index is 8.15. The molecule has 0 aromatic rings. The average Bonchev–Trinajstić information content (AvgIpc) is 2.34. The third-order valence-electron chi connectivity index (χ3n) is 0.826. The van der Waals surface area contributed by atoms with Gasteiger partial charge in [0.05, 0.1) is 0 Å². The van der Waals surface area contributed by atoms with Crippen molar-refractivity contribution in [2.45, 2.75) is 0 Å². The Balaban J connectivity index is 2.22. The van der Waals surface area contributed by atoms with Gasteiger partial charge in [0.25, 0.3) is 0 Å². The second-order valence-electron chi connectivity index (χ2n) is 1.43. The highest BCUT2D eigenvalue weighted by atomic mass is 16.7. The van der Waals surface area contributed by atoms with Crippen molar-refractivity contribution in [3.63, 3.8) is 0 Å². The molecule has 0 atom stereocenters. The molecular weight excluding hydrogens is 124 g/mol. The van der Waals surface area contributed by atoms with Crippen molar-refractivity contribution >= 4 is 0 Å². The fourth-order valence-electron chi connectivity index (χ4n) is 0.500. The Morgan fingerprint density at radius 3 is 2.78 bits per heavy atom. The van der Waals surface area contributed by atoms with Crippen LogP contribution in [0.2, 0.25) is 0 Å². The maximum Gasteiger partial charge on any atom is 0.315 e. The van der Waals surface area contributed by atoms with Crippen molar-refractivity contribution < 1.29 is 19.3 Å². The molecule has 0 aliphatic carbocycles. The molecule has 1 aliphatic rings. The van der Waals surface area contributed by atoms with Gasteiger partial charge in [-0.05, 0) is 0 Å². The van der Waals surface area contributed by atoms with E-state index in [9.17, 15) is 0 Å². The van der Waals surface area contributed by atoms with Crippen LogP contribution in [-0.4, -0.2) is 25.1 Å². The van der Waals surface area contributed by atoms with Gasteiger partial charge in [-0.2, -0.15) is 0 Å². The number of ether oxygens (including phenoxy) is 3. The number of aliphatic hydroxyl groups excluding tert-OH is 1. The van der Waals surface area contributed by atoms with Crippen molar-refractivity contribution in [3.05, 3.63) is 12.2 Å². The van der Waals surface area contributed by atoms with Crippen molar-refractivity contribution in [3.8, 4) is 0 Å². The lowest BCUT2D eigenvalue weighted by Crippen LogP contribution is -1.87. The molecule has 1 N–H and O–H groups in total. The summed E-state index contributed by atoms with van der Waals surface area (Å²) in [6, 6.07) is 0. The van der Waals surface area contributed by atoms with Crippen LogP contribution in [0.25, 0.3) is 0 Å². The molecular formula is C5H8O4. The summed E-state index contributed by atoms with van der Waals surface area (Å²) >= 11 is 0. The summed E-state index contributed by atoms with van der Waals surface area (Å²) < 4.78 is 14.2. The minimum Gasteiger partial charge on any atom is -0.468 e. The summed E-state index contributed by atoms with van der Waals surface area (Å²) in [6.45, 7) is 0.761. The van der Waals surface area contributed by atoms with E-state index in [4.69, 9.17) is 14.6 Å². The lowest BCUT2D eigenvalue weighted by atomic mass is 10.8. The zero-order chi connectivity index (χ0) is 6.53. The Labute approximate surface area is 52.6 Å². The van der Waals surface area contributed by atoms with Crippen molar-refractivity contribution in [1.29, 1.82) is 0 Å². The Morgan fingerprint density at radius 1 is 1.56 bits per heavy atom. The molecule has 4 nitrogen and oxygen atoms in total. The summed E-state index contributed by atoms with van der Waals surface area (Å²) in [5.74, 6) is 0.337. The topological polar surface area (TPSA) is 47.9 Å². The van der Waals surface area contributed by atoms with Gasteiger partial charge < -0.3 is 19.3 Å². The highest BCUT2D eigenvalue weighted by molar-refractivity contribution is 4.78. The monoisotopic (exact) mass is 132 g/mol. The van der Waals surface area contributed by atoms with Gasteiger partial charge in [0, 0.05) is 0 Å². The number of rotatable bonds is 2. The van der Waals surface area contributed by atoms with Crippen LogP contribution in [0.5, 0.6) is 0 Å². The van der Waals surface area contributed by atoms with E-state index in [0.29, 0.717) is 19.2 Å². The highest BCUT2D eigenvalue weighted by Gasteiger charge is 2.07.